The van der Waals surface area contributed by atoms with E-state index in [9.17, 15) is 16.4 Å². The lowest BCUT2D eigenvalue weighted by Gasteiger charge is -2.26. The van der Waals surface area contributed by atoms with Crippen molar-refractivity contribution in [3.63, 3.8) is 0 Å². The Labute approximate surface area is 328 Å². The van der Waals surface area contributed by atoms with Gasteiger partial charge in [0.2, 0.25) is 0 Å². The Morgan fingerprint density at radius 2 is 0.660 bits per heavy atom. The molecule has 1 heteroatoms. The second kappa shape index (κ2) is 14.3. The average Bonchev–Trinajstić information content (AvgIpc) is 3.33. The van der Waals surface area contributed by atoms with Crippen molar-refractivity contribution in [2.45, 2.75) is 0 Å². The van der Waals surface area contributed by atoms with E-state index in [2.05, 4.69) is 0 Å². The van der Waals surface area contributed by atoms with Gasteiger partial charge in [-0.05, 0) is 109 Å². The van der Waals surface area contributed by atoms with Gasteiger partial charge < -0.3 is 4.90 Å². The molecule has 0 aliphatic carbocycles. The second-order valence-electron chi connectivity index (χ2n) is 12.4. The van der Waals surface area contributed by atoms with Crippen LogP contribution in [-0.4, -0.2) is 0 Å². The number of nitrogens with zero attached hydrogens (tertiary/aromatic N) is 1. The summed E-state index contributed by atoms with van der Waals surface area (Å²) in [4.78, 5) is 0.843. The van der Waals surface area contributed by atoms with Gasteiger partial charge in [-0.1, -0.05) is 182 Å². The predicted octanol–water partition coefficient (Wildman–Crippen LogP) is 14.6. The van der Waals surface area contributed by atoms with Gasteiger partial charge in [-0.25, -0.2) is 0 Å². The van der Waals surface area contributed by atoms with Crippen molar-refractivity contribution < 1.29 is 16.4 Å². The van der Waals surface area contributed by atoms with Crippen LogP contribution < -0.4 is 4.90 Å². The minimum Gasteiger partial charge on any atom is -0.311 e. The fraction of sp³-hybridized carbons (Fsp3) is 0. The van der Waals surface area contributed by atoms with Crippen molar-refractivity contribution in [1.82, 2.24) is 0 Å². The molecule has 0 atom stereocenters. The minimum absolute atomic E-state index is 0.0425. The van der Waals surface area contributed by atoms with Crippen molar-refractivity contribution in [3.8, 4) is 55.6 Å². The maximum atomic E-state index is 9.55. The molecular formula is C52H37N. The summed E-state index contributed by atoms with van der Waals surface area (Å²) in [5.74, 6) is 0. The van der Waals surface area contributed by atoms with Crippen LogP contribution >= 0.6 is 0 Å². The van der Waals surface area contributed by atoms with Crippen LogP contribution in [0.5, 0.6) is 0 Å². The summed E-state index contributed by atoms with van der Waals surface area (Å²) in [5.41, 5.74) is 2.69. The Kier molecular flexibility index (Phi) is 5.80. The monoisotopic (exact) mass is 687 g/mol. The van der Waals surface area contributed by atoms with Gasteiger partial charge in [0.1, 0.15) is 0 Å². The van der Waals surface area contributed by atoms with Gasteiger partial charge >= 0.3 is 0 Å². The van der Waals surface area contributed by atoms with Gasteiger partial charge in [0, 0.05) is 17.1 Å². The van der Waals surface area contributed by atoms with Crippen LogP contribution in [0, 0.1) is 0 Å². The molecule has 0 aliphatic heterocycles. The molecule has 9 rings (SSSR count). The van der Waals surface area contributed by atoms with E-state index in [1.165, 1.54) is 0 Å². The van der Waals surface area contributed by atoms with E-state index in [0.717, 1.165) is 37.9 Å². The Morgan fingerprint density at radius 1 is 0.283 bits per heavy atom. The SMILES string of the molecule is [2H]c1c([2H])c(N(c2c([2H])c([2H])c(-c3ccc(-c4ccccc4)cc3)c([2H])c2[2H])c2c([2H])c([2H])c(-c3cccc(-c4cccc5ccccc45)c3)c([2H])c2[2H])c([2H])c([2H])c1-c1ccccc1. The third-order valence-corrected chi connectivity index (χ3v) is 9.10. The Morgan fingerprint density at radius 3 is 1.23 bits per heavy atom. The lowest BCUT2D eigenvalue weighted by Crippen LogP contribution is -2.09. The summed E-state index contributed by atoms with van der Waals surface area (Å²) < 4.78 is 113. The van der Waals surface area contributed by atoms with E-state index in [0.29, 0.717) is 16.7 Å². The van der Waals surface area contributed by atoms with Gasteiger partial charge in [-0.2, -0.15) is 0 Å². The zero-order valence-corrected chi connectivity index (χ0v) is 28.4. The molecule has 0 bridgehead atoms. The van der Waals surface area contributed by atoms with Crippen molar-refractivity contribution in [2.24, 2.45) is 0 Å². The number of anilines is 3. The van der Waals surface area contributed by atoms with Crippen LogP contribution in [-0.2, 0) is 0 Å². The predicted molar refractivity (Wildman–Crippen MR) is 226 cm³/mol. The van der Waals surface area contributed by atoms with Crippen LogP contribution in [0.3, 0.4) is 0 Å². The topological polar surface area (TPSA) is 3.24 Å². The standard InChI is InChI=1S/C52H37N/c1-3-11-38(12-4-1)40-21-23-41(24-22-40)43-27-33-49(34-28-43)53(48-31-25-42(26-32-48)39-13-5-2-6-14-39)50-35-29-44(30-36-50)46-17-9-18-47(37-46)52-20-10-16-45-15-7-8-19-51(45)52/h1-37H/i25D,26D,27D,28D,29D,30D,31D,32D,33D,34D,35D,36D. The second-order valence-corrected chi connectivity index (χ2v) is 12.4. The van der Waals surface area contributed by atoms with Crippen LogP contribution in [0.4, 0.5) is 17.1 Å². The number of hydrogen-bond donors (Lipinski definition) is 0. The Hall–Kier alpha value is -6.96. The molecule has 0 aliphatic rings. The van der Waals surface area contributed by atoms with Crippen molar-refractivity contribution >= 4 is 27.8 Å². The molecule has 53 heavy (non-hydrogen) atoms. The lowest BCUT2D eigenvalue weighted by molar-refractivity contribution is 1.28. The first-order chi connectivity index (χ1) is 31.3. The highest BCUT2D eigenvalue weighted by molar-refractivity contribution is 5.97. The first-order valence-electron chi connectivity index (χ1n) is 23.2. The molecule has 0 aromatic heterocycles. The third-order valence-electron chi connectivity index (χ3n) is 9.10. The normalized spacial score (nSPS) is 14.2. The van der Waals surface area contributed by atoms with E-state index in [1.807, 2.05) is 78.9 Å². The molecular weight excluding hydrogens is 639 g/mol. The third kappa shape index (κ3) is 6.65. The molecule has 250 valence electrons. The average molecular weight is 688 g/mol. The molecule has 9 aromatic carbocycles. The molecule has 0 saturated heterocycles. The zero-order chi connectivity index (χ0) is 45.8. The molecule has 0 unspecified atom stereocenters. The van der Waals surface area contributed by atoms with E-state index in [1.54, 1.807) is 72.8 Å². The van der Waals surface area contributed by atoms with Gasteiger partial charge in [-0.15, -0.1) is 0 Å². The van der Waals surface area contributed by atoms with E-state index >= 15 is 0 Å². The molecule has 9 aromatic rings. The first kappa shape index (κ1) is 21.4. The number of rotatable bonds is 8. The fourth-order valence-electron chi connectivity index (χ4n) is 6.41. The highest BCUT2D eigenvalue weighted by Crippen LogP contribution is 2.39. The van der Waals surface area contributed by atoms with Gasteiger partial charge in [0.25, 0.3) is 0 Å². The van der Waals surface area contributed by atoms with E-state index < -0.39 is 89.6 Å². The molecule has 0 radical (unpaired) electrons. The molecule has 0 N–H and O–H groups in total. The summed E-state index contributed by atoms with van der Waals surface area (Å²) in [5, 5.41) is 1.99. The largest absolute Gasteiger partial charge is 0.311 e. The van der Waals surface area contributed by atoms with Gasteiger partial charge in [-0.3, -0.25) is 0 Å². The van der Waals surface area contributed by atoms with Gasteiger partial charge in [0.05, 0.1) is 16.4 Å². The van der Waals surface area contributed by atoms with Crippen LogP contribution in [0.25, 0.3) is 66.4 Å². The van der Waals surface area contributed by atoms with Gasteiger partial charge in [0.15, 0.2) is 0 Å². The maximum absolute atomic E-state index is 9.55. The highest BCUT2D eigenvalue weighted by Gasteiger charge is 2.14. The fourth-order valence-corrected chi connectivity index (χ4v) is 6.41. The van der Waals surface area contributed by atoms with Crippen LogP contribution in [0.1, 0.15) is 16.4 Å². The van der Waals surface area contributed by atoms with Crippen LogP contribution in [0.15, 0.2) is 224 Å². The first-order valence-corrected chi connectivity index (χ1v) is 17.2. The van der Waals surface area contributed by atoms with Crippen molar-refractivity contribution in [2.75, 3.05) is 4.90 Å². The summed E-state index contributed by atoms with van der Waals surface area (Å²) in [6.45, 7) is 0. The molecule has 0 amide bonds. The van der Waals surface area contributed by atoms with Crippen molar-refractivity contribution in [1.29, 1.82) is 0 Å². The molecule has 0 heterocycles. The molecule has 0 saturated carbocycles. The summed E-state index contributed by atoms with van der Waals surface area (Å²) in [7, 11) is 0. The summed E-state index contributed by atoms with van der Waals surface area (Å²) in [6.07, 6.45) is 0. The minimum atomic E-state index is -0.669. The van der Waals surface area contributed by atoms with E-state index in [4.69, 9.17) is 0 Å². The molecule has 1 nitrogen and oxygen atoms in total. The Balaban J connectivity index is 1.28. The highest BCUT2D eigenvalue weighted by atomic mass is 15.1. The number of benzene rings is 9. The van der Waals surface area contributed by atoms with Crippen LogP contribution in [0.2, 0.25) is 0 Å². The maximum Gasteiger partial charge on any atom is 0.0645 e. The molecule has 0 fully saturated rings. The lowest BCUT2D eigenvalue weighted by atomic mass is 9.95. The van der Waals surface area contributed by atoms with E-state index in [-0.39, 0.29) is 16.7 Å². The number of fused-ring (bicyclic) bond motifs is 1. The smallest absolute Gasteiger partial charge is 0.0645 e. The number of hydrogen-bond acceptors (Lipinski definition) is 1. The summed E-state index contributed by atoms with van der Waals surface area (Å²) >= 11 is 0. The molecule has 0 spiro atoms. The summed E-state index contributed by atoms with van der Waals surface area (Å²) in [6, 6.07) is 38.8. The quantitative estimate of drug-likeness (QED) is 0.154. The zero-order valence-electron chi connectivity index (χ0n) is 40.4. The van der Waals surface area contributed by atoms with Crippen molar-refractivity contribution in [3.05, 3.63) is 224 Å². The Bertz CT molecular complexity index is 3250.